The summed E-state index contributed by atoms with van der Waals surface area (Å²) in [4.78, 5) is 19.7. The summed E-state index contributed by atoms with van der Waals surface area (Å²) in [5, 5.41) is 6.99. The highest BCUT2D eigenvalue weighted by molar-refractivity contribution is 7.80. The van der Waals surface area contributed by atoms with Gasteiger partial charge in [-0.2, -0.15) is 4.98 Å². The van der Waals surface area contributed by atoms with Crippen LogP contribution in [0.2, 0.25) is 0 Å². The van der Waals surface area contributed by atoms with E-state index in [4.69, 9.17) is 21.7 Å². The number of anilines is 1. The minimum absolute atomic E-state index is 0.0781. The van der Waals surface area contributed by atoms with Gasteiger partial charge in [0.2, 0.25) is 5.88 Å². The van der Waals surface area contributed by atoms with Crippen LogP contribution in [0.3, 0.4) is 0 Å². The van der Waals surface area contributed by atoms with Gasteiger partial charge in [-0.25, -0.2) is 4.98 Å². The summed E-state index contributed by atoms with van der Waals surface area (Å²) >= 11 is 5.52. The van der Waals surface area contributed by atoms with Crippen molar-refractivity contribution in [3.63, 3.8) is 0 Å². The summed E-state index contributed by atoms with van der Waals surface area (Å²) in [7, 11) is 1.55. The molecule has 1 aromatic heterocycles. The topological polar surface area (TPSA) is 85.4 Å². The summed E-state index contributed by atoms with van der Waals surface area (Å²) in [6, 6.07) is 14.0. The largest absolute Gasteiger partial charge is 0.493 e. The number of nitrogens with one attached hydrogen (secondary N) is 2. The molecule has 1 heterocycles. The van der Waals surface area contributed by atoms with E-state index in [1.165, 1.54) is 17.5 Å². The van der Waals surface area contributed by atoms with Crippen molar-refractivity contribution in [2.45, 2.75) is 32.2 Å². The van der Waals surface area contributed by atoms with Crippen LogP contribution in [0.15, 0.2) is 55.0 Å². The average Bonchev–Trinajstić information content (AvgIpc) is 3.17. The molecule has 0 aliphatic heterocycles. The van der Waals surface area contributed by atoms with E-state index < -0.39 is 0 Å². The number of carbonyl (C=O) groups excluding carboxylic acids is 1. The van der Waals surface area contributed by atoms with E-state index in [2.05, 4.69) is 44.9 Å². The highest BCUT2D eigenvalue weighted by atomic mass is 32.1. The molecule has 0 spiro atoms. The Morgan fingerprint density at radius 3 is 2.59 bits per heavy atom. The van der Waals surface area contributed by atoms with Crippen molar-refractivity contribution in [3.8, 4) is 17.4 Å². The first-order valence-electron chi connectivity index (χ1n) is 10.3. The lowest BCUT2D eigenvalue weighted by molar-refractivity contribution is -0.116. The maximum Gasteiger partial charge on any atom is 0.246 e. The zero-order chi connectivity index (χ0) is 22.5. The predicted octanol–water partition coefficient (Wildman–Crippen LogP) is 3.86. The van der Waals surface area contributed by atoms with Gasteiger partial charge >= 0.3 is 0 Å². The highest BCUT2D eigenvalue weighted by Gasteiger charge is 2.22. The van der Waals surface area contributed by atoms with Gasteiger partial charge in [0.15, 0.2) is 16.6 Å². The second kappa shape index (κ2) is 9.74. The number of methoxy groups -OCH3 is 1. The van der Waals surface area contributed by atoms with Gasteiger partial charge in [-0.15, -0.1) is 0 Å². The minimum Gasteiger partial charge on any atom is -0.493 e. The van der Waals surface area contributed by atoms with Crippen LogP contribution >= 0.6 is 12.2 Å². The van der Waals surface area contributed by atoms with Crippen molar-refractivity contribution in [3.05, 3.63) is 71.7 Å². The fraction of sp³-hybridized carbons (Fsp3) is 0.250. The van der Waals surface area contributed by atoms with Gasteiger partial charge in [0.1, 0.15) is 17.8 Å². The molecule has 0 radical (unpaired) electrons. The smallest absolute Gasteiger partial charge is 0.246 e. The molecule has 3 aromatic rings. The number of aromatic nitrogens is 2. The number of thiocarbonyl (C=S) groups is 1. The lowest BCUT2D eigenvalue weighted by atomic mass is 10.1. The van der Waals surface area contributed by atoms with Crippen molar-refractivity contribution in [1.29, 1.82) is 0 Å². The van der Waals surface area contributed by atoms with E-state index in [0.29, 0.717) is 34.6 Å². The number of benzene rings is 2. The molecule has 0 saturated heterocycles. The molecule has 2 N–H and O–H groups in total. The van der Waals surface area contributed by atoms with Crippen LogP contribution in [-0.2, 0) is 24.1 Å². The number of Topliss-reactive ketones (excluding diaryl/α,β-unsaturated/α-hetero) is 1. The lowest BCUT2D eigenvalue weighted by Gasteiger charge is -2.17. The highest BCUT2D eigenvalue weighted by Crippen LogP contribution is 2.34. The third-order valence-corrected chi connectivity index (χ3v) is 5.42. The number of hydrogen-bond acceptors (Lipinski definition) is 6. The third kappa shape index (κ3) is 5.20. The number of fused-ring (bicyclic) bond motifs is 1. The van der Waals surface area contributed by atoms with Crippen LogP contribution in [0.4, 0.5) is 5.69 Å². The summed E-state index contributed by atoms with van der Waals surface area (Å²) < 4.78 is 11.4. The average molecular weight is 449 g/mol. The molecule has 0 saturated carbocycles. The molecule has 8 heteroatoms. The maximum absolute atomic E-state index is 11.4. The fourth-order valence-electron chi connectivity index (χ4n) is 3.79. The van der Waals surface area contributed by atoms with Gasteiger partial charge in [-0.05, 0) is 60.8 Å². The second-order valence-corrected chi connectivity index (χ2v) is 8.09. The molecule has 2 aromatic carbocycles. The Hall–Kier alpha value is -3.52. The SMILES string of the molecule is COc1cc(CC(C)=O)ccc1Oc1ncncc1NC(=S)NC1Cc2ccccc2C1. The standard InChI is InChI=1S/C24H24N4O3S/c1-15(29)9-16-7-8-21(22(10-16)30-2)31-23-20(13-25-14-26-23)28-24(32)27-19-11-17-5-3-4-6-18(17)12-19/h3-8,10,13-14,19H,9,11-12H2,1-2H3,(H2,27,28,32). The summed E-state index contributed by atoms with van der Waals surface area (Å²) in [6.45, 7) is 1.55. The van der Waals surface area contributed by atoms with Crippen LogP contribution < -0.4 is 20.1 Å². The second-order valence-electron chi connectivity index (χ2n) is 7.68. The van der Waals surface area contributed by atoms with Crippen LogP contribution in [-0.4, -0.2) is 34.0 Å². The van der Waals surface area contributed by atoms with Gasteiger partial charge in [0.25, 0.3) is 0 Å². The number of carbonyl (C=O) groups is 1. The monoisotopic (exact) mass is 448 g/mol. The minimum atomic E-state index is 0.0781. The lowest BCUT2D eigenvalue weighted by Crippen LogP contribution is -2.38. The van der Waals surface area contributed by atoms with Crippen molar-refractivity contribution in [2.75, 3.05) is 12.4 Å². The van der Waals surface area contributed by atoms with E-state index >= 15 is 0 Å². The van der Waals surface area contributed by atoms with Gasteiger partial charge in [0, 0.05) is 12.5 Å². The number of ketones is 1. The Morgan fingerprint density at radius 2 is 1.91 bits per heavy atom. The van der Waals surface area contributed by atoms with Gasteiger partial charge in [-0.3, -0.25) is 4.79 Å². The quantitative estimate of drug-likeness (QED) is 0.527. The Bertz CT molecular complexity index is 1130. The zero-order valence-corrected chi connectivity index (χ0v) is 18.7. The fourth-order valence-corrected chi connectivity index (χ4v) is 4.06. The van der Waals surface area contributed by atoms with Crippen molar-refractivity contribution < 1.29 is 14.3 Å². The first-order chi connectivity index (χ1) is 15.5. The number of nitrogens with zero attached hydrogens (tertiary/aromatic N) is 2. The predicted molar refractivity (Wildman–Crippen MR) is 126 cm³/mol. The van der Waals surface area contributed by atoms with Crippen molar-refractivity contribution in [1.82, 2.24) is 15.3 Å². The van der Waals surface area contributed by atoms with E-state index in [0.717, 1.165) is 18.4 Å². The number of rotatable bonds is 7. The maximum atomic E-state index is 11.4. The van der Waals surface area contributed by atoms with E-state index in [9.17, 15) is 4.79 Å². The Kier molecular flexibility index (Phi) is 6.61. The molecule has 0 bridgehead atoms. The van der Waals surface area contributed by atoms with E-state index in [1.807, 2.05) is 6.07 Å². The Labute approximate surface area is 192 Å². The molecule has 32 heavy (non-hydrogen) atoms. The summed E-state index contributed by atoms with van der Waals surface area (Å²) in [5.74, 6) is 1.38. The zero-order valence-electron chi connectivity index (χ0n) is 17.9. The normalized spacial score (nSPS) is 12.7. The molecule has 0 unspecified atom stereocenters. The third-order valence-electron chi connectivity index (χ3n) is 5.20. The van der Waals surface area contributed by atoms with Gasteiger partial charge < -0.3 is 20.1 Å². The van der Waals surface area contributed by atoms with E-state index in [-0.39, 0.29) is 11.8 Å². The molecule has 164 valence electrons. The first kappa shape index (κ1) is 21.7. The molecular formula is C24H24N4O3S. The molecule has 1 aliphatic rings. The molecule has 7 nitrogen and oxygen atoms in total. The van der Waals surface area contributed by atoms with Gasteiger partial charge in [-0.1, -0.05) is 30.3 Å². The van der Waals surface area contributed by atoms with Gasteiger partial charge in [0.05, 0.1) is 13.3 Å². The first-order valence-corrected chi connectivity index (χ1v) is 10.7. The molecule has 1 aliphatic carbocycles. The number of hydrogen-bond donors (Lipinski definition) is 2. The molecule has 4 rings (SSSR count). The summed E-state index contributed by atoms with van der Waals surface area (Å²) in [5.41, 5.74) is 4.08. The molecule has 0 amide bonds. The Balaban J connectivity index is 1.44. The molecule has 0 atom stereocenters. The van der Waals surface area contributed by atoms with Crippen molar-refractivity contribution >= 4 is 28.8 Å². The van der Waals surface area contributed by atoms with E-state index in [1.54, 1.807) is 32.4 Å². The molecule has 0 fully saturated rings. The molecular weight excluding hydrogens is 424 g/mol. The van der Waals surface area contributed by atoms with Crippen LogP contribution in [0.1, 0.15) is 23.6 Å². The van der Waals surface area contributed by atoms with Crippen molar-refractivity contribution in [2.24, 2.45) is 0 Å². The number of ether oxygens (including phenoxy) is 2. The van der Waals surface area contributed by atoms with Crippen LogP contribution in [0.25, 0.3) is 0 Å². The summed E-state index contributed by atoms with van der Waals surface area (Å²) in [6.07, 6.45) is 5.20. The Morgan fingerprint density at radius 1 is 1.16 bits per heavy atom. The van der Waals surface area contributed by atoms with Crippen LogP contribution in [0.5, 0.6) is 17.4 Å². The van der Waals surface area contributed by atoms with Crippen LogP contribution in [0, 0.1) is 0 Å².